The van der Waals surface area contributed by atoms with Gasteiger partial charge in [0.2, 0.25) is 0 Å². The van der Waals surface area contributed by atoms with Crippen LogP contribution >= 0.6 is 11.6 Å². The first kappa shape index (κ1) is 16.6. The molecule has 0 atom stereocenters. The third-order valence-electron chi connectivity index (χ3n) is 4.60. The van der Waals surface area contributed by atoms with Crippen molar-refractivity contribution in [2.75, 3.05) is 13.1 Å². The van der Waals surface area contributed by atoms with E-state index in [9.17, 15) is 13.2 Å². The average molecular weight is 369 g/mol. The number of rotatable bonds is 3. The van der Waals surface area contributed by atoms with Crippen molar-refractivity contribution in [2.45, 2.75) is 32.1 Å². The van der Waals surface area contributed by atoms with E-state index in [-0.39, 0.29) is 10.7 Å². The van der Waals surface area contributed by atoms with Gasteiger partial charge in [-0.3, -0.25) is 4.90 Å². The molecule has 3 aromatic rings. The lowest BCUT2D eigenvalue weighted by atomic mass is 10.1. The Morgan fingerprint density at radius 3 is 2.60 bits per heavy atom. The fourth-order valence-corrected chi connectivity index (χ4v) is 3.80. The summed E-state index contributed by atoms with van der Waals surface area (Å²) in [6, 6.07) is 5.53. The second-order valence-electron chi connectivity index (χ2n) is 6.40. The molecule has 0 N–H and O–H groups in total. The van der Waals surface area contributed by atoms with E-state index in [2.05, 4.69) is 14.9 Å². The molecule has 1 fully saturated rings. The zero-order chi connectivity index (χ0) is 17.6. The van der Waals surface area contributed by atoms with Gasteiger partial charge in [0.1, 0.15) is 23.9 Å². The molecule has 0 radical (unpaired) electrons. The summed E-state index contributed by atoms with van der Waals surface area (Å²) >= 11 is 6.09. The van der Waals surface area contributed by atoms with E-state index in [1.165, 1.54) is 19.2 Å². The molecule has 0 aliphatic carbocycles. The van der Waals surface area contributed by atoms with Crippen LogP contribution < -0.4 is 0 Å². The molecule has 132 valence electrons. The predicted octanol–water partition coefficient (Wildman–Crippen LogP) is 4.40. The van der Waals surface area contributed by atoms with Gasteiger partial charge in [-0.1, -0.05) is 17.7 Å². The van der Waals surface area contributed by atoms with Crippen molar-refractivity contribution in [3.05, 3.63) is 35.2 Å². The summed E-state index contributed by atoms with van der Waals surface area (Å²) < 4.78 is 40.3. The van der Waals surface area contributed by atoms with Crippen LogP contribution in [0.15, 0.2) is 24.5 Å². The highest BCUT2D eigenvalue weighted by atomic mass is 35.5. The highest BCUT2D eigenvalue weighted by molar-refractivity contribution is 6.34. The van der Waals surface area contributed by atoms with Crippen molar-refractivity contribution < 1.29 is 13.2 Å². The molecule has 1 aliphatic rings. The molecule has 1 aliphatic heterocycles. The monoisotopic (exact) mass is 368 g/mol. The molecule has 0 amide bonds. The molecule has 3 heterocycles. The normalized spacial score (nSPS) is 16.3. The van der Waals surface area contributed by atoms with Gasteiger partial charge in [0.25, 0.3) is 0 Å². The van der Waals surface area contributed by atoms with Gasteiger partial charge >= 0.3 is 6.18 Å². The lowest BCUT2D eigenvalue weighted by molar-refractivity contribution is -0.139. The standard InChI is InChI=1S/C17H16ClF3N4/c18-16-15-14(22-10-23-16)12-7-11(8-24-5-1-2-6-24)3-4-13(12)25(15)9-17(19,20)21/h3-4,7,10H,1-2,5-6,8-9H2. The highest BCUT2D eigenvalue weighted by Crippen LogP contribution is 2.34. The van der Waals surface area contributed by atoms with Crippen molar-refractivity contribution in [1.82, 2.24) is 19.4 Å². The fourth-order valence-electron chi connectivity index (χ4n) is 3.56. The van der Waals surface area contributed by atoms with E-state index in [0.717, 1.165) is 29.8 Å². The Hall–Kier alpha value is -1.86. The first-order chi connectivity index (χ1) is 11.9. The maximum atomic E-state index is 13.0. The van der Waals surface area contributed by atoms with Crippen LogP contribution in [0.1, 0.15) is 18.4 Å². The summed E-state index contributed by atoms with van der Waals surface area (Å²) in [6.07, 6.45) is -0.687. The highest BCUT2D eigenvalue weighted by Gasteiger charge is 2.30. The summed E-state index contributed by atoms with van der Waals surface area (Å²) in [5, 5.41) is 0.715. The van der Waals surface area contributed by atoms with Crippen molar-refractivity contribution in [3.63, 3.8) is 0 Å². The van der Waals surface area contributed by atoms with Crippen LogP contribution in [0.5, 0.6) is 0 Å². The molecule has 2 aromatic heterocycles. The fraction of sp³-hybridized carbons (Fsp3) is 0.412. The van der Waals surface area contributed by atoms with Gasteiger partial charge in [-0.25, -0.2) is 9.97 Å². The predicted molar refractivity (Wildman–Crippen MR) is 90.6 cm³/mol. The van der Waals surface area contributed by atoms with Crippen LogP contribution in [0.4, 0.5) is 13.2 Å². The second-order valence-corrected chi connectivity index (χ2v) is 6.76. The van der Waals surface area contributed by atoms with Crippen molar-refractivity contribution in [2.24, 2.45) is 0 Å². The Bertz CT molecular complexity index is 929. The summed E-state index contributed by atoms with van der Waals surface area (Å²) in [5.74, 6) is 0. The van der Waals surface area contributed by atoms with E-state index in [0.29, 0.717) is 16.4 Å². The minimum absolute atomic E-state index is 0.0338. The van der Waals surface area contributed by atoms with Gasteiger partial charge in [-0.15, -0.1) is 0 Å². The van der Waals surface area contributed by atoms with E-state index < -0.39 is 12.7 Å². The lowest BCUT2D eigenvalue weighted by Crippen LogP contribution is -2.18. The van der Waals surface area contributed by atoms with Crippen molar-refractivity contribution in [1.29, 1.82) is 0 Å². The van der Waals surface area contributed by atoms with Gasteiger partial charge in [0.15, 0.2) is 5.15 Å². The topological polar surface area (TPSA) is 34.0 Å². The van der Waals surface area contributed by atoms with E-state index in [4.69, 9.17) is 11.6 Å². The van der Waals surface area contributed by atoms with Crippen LogP contribution in [0, 0.1) is 0 Å². The van der Waals surface area contributed by atoms with Crippen LogP contribution in [0.25, 0.3) is 21.9 Å². The summed E-state index contributed by atoms with van der Waals surface area (Å²) in [5.41, 5.74) is 2.23. The molecular weight excluding hydrogens is 353 g/mol. The molecule has 4 nitrogen and oxygen atoms in total. The Labute approximate surface area is 147 Å². The Morgan fingerprint density at radius 1 is 1.12 bits per heavy atom. The number of fused-ring (bicyclic) bond motifs is 3. The van der Waals surface area contributed by atoms with Gasteiger partial charge in [0.05, 0.1) is 5.52 Å². The van der Waals surface area contributed by atoms with Gasteiger partial charge in [-0.2, -0.15) is 13.2 Å². The number of aromatic nitrogens is 3. The van der Waals surface area contributed by atoms with Crippen LogP contribution in [0.2, 0.25) is 5.15 Å². The average Bonchev–Trinajstić information content (AvgIpc) is 3.14. The number of benzene rings is 1. The molecule has 25 heavy (non-hydrogen) atoms. The summed E-state index contributed by atoms with van der Waals surface area (Å²) in [7, 11) is 0. The first-order valence-corrected chi connectivity index (χ1v) is 8.50. The summed E-state index contributed by atoms with van der Waals surface area (Å²) in [4.78, 5) is 10.4. The van der Waals surface area contributed by atoms with Crippen molar-refractivity contribution >= 4 is 33.5 Å². The number of nitrogens with zero attached hydrogens (tertiary/aromatic N) is 4. The molecule has 1 saturated heterocycles. The van der Waals surface area contributed by atoms with Crippen LogP contribution in [0.3, 0.4) is 0 Å². The second kappa shape index (κ2) is 6.14. The van der Waals surface area contributed by atoms with E-state index in [1.54, 1.807) is 6.07 Å². The Kier molecular flexibility index (Phi) is 4.08. The first-order valence-electron chi connectivity index (χ1n) is 8.13. The van der Waals surface area contributed by atoms with E-state index >= 15 is 0 Å². The number of hydrogen-bond donors (Lipinski definition) is 0. The van der Waals surface area contributed by atoms with Gasteiger partial charge in [-0.05, 0) is 43.6 Å². The summed E-state index contributed by atoms with van der Waals surface area (Å²) in [6.45, 7) is 1.79. The largest absolute Gasteiger partial charge is 0.406 e. The maximum Gasteiger partial charge on any atom is 0.406 e. The zero-order valence-electron chi connectivity index (χ0n) is 13.4. The smallest absolute Gasteiger partial charge is 0.327 e. The lowest BCUT2D eigenvalue weighted by Gasteiger charge is -2.15. The number of hydrogen-bond acceptors (Lipinski definition) is 3. The third kappa shape index (κ3) is 3.18. The van der Waals surface area contributed by atoms with Gasteiger partial charge in [0, 0.05) is 11.9 Å². The molecule has 0 spiro atoms. The zero-order valence-corrected chi connectivity index (χ0v) is 14.1. The molecule has 8 heteroatoms. The van der Waals surface area contributed by atoms with Gasteiger partial charge < -0.3 is 4.57 Å². The van der Waals surface area contributed by atoms with Crippen LogP contribution in [-0.2, 0) is 13.1 Å². The quantitative estimate of drug-likeness (QED) is 0.643. The van der Waals surface area contributed by atoms with Crippen molar-refractivity contribution in [3.8, 4) is 0 Å². The third-order valence-corrected chi connectivity index (χ3v) is 4.87. The van der Waals surface area contributed by atoms with Crippen LogP contribution in [-0.4, -0.2) is 38.7 Å². The molecule has 4 rings (SSSR count). The number of likely N-dealkylation sites (tertiary alicyclic amines) is 1. The SMILES string of the molecule is FC(F)(F)Cn1c2ccc(CN3CCCC3)cc2c2ncnc(Cl)c21. The number of alkyl halides is 3. The molecule has 1 aromatic carbocycles. The maximum absolute atomic E-state index is 13.0. The minimum atomic E-state index is -4.35. The molecular formula is C17H16ClF3N4. The molecule has 0 unspecified atom stereocenters. The Balaban J connectivity index is 1.87. The molecule has 0 bridgehead atoms. The van der Waals surface area contributed by atoms with E-state index in [1.807, 2.05) is 12.1 Å². The number of halogens is 4. The Morgan fingerprint density at radius 2 is 1.88 bits per heavy atom. The molecule has 0 saturated carbocycles. The minimum Gasteiger partial charge on any atom is -0.327 e.